The molecule has 4 nitrogen and oxygen atoms in total. The van der Waals surface area contributed by atoms with E-state index in [9.17, 15) is 4.79 Å². The molecule has 0 saturated heterocycles. The third kappa shape index (κ3) is 4.53. The van der Waals surface area contributed by atoms with Gasteiger partial charge in [-0.25, -0.2) is 10.2 Å². The number of anilines is 2. The molecule has 3 unspecified atom stereocenters. The molecular weight excluding hydrogens is 310 g/mol. The molecule has 2 N–H and O–H groups in total. The summed E-state index contributed by atoms with van der Waals surface area (Å²) in [5.74, 6) is 1.39. The van der Waals surface area contributed by atoms with Crippen molar-refractivity contribution in [1.82, 2.24) is 10.7 Å². The van der Waals surface area contributed by atoms with Crippen LogP contribution in [0.1, 0.15) is 33.1 Å². The molecule has 1 aliphatic carbocycles. The second kappa shape index (κ2) is 8.06. The van der Waals surface area contributed by atoms with E-state index >= 15 is 0 Å². The van der Waals surface area contributed by atoms with Gasteiger partial charge in [-0.05, 0) is 55.4 Å². The summed E-state index contributed by atoms with van der Waals surface area (Å²) in [4.78, 5) is 12.6. The van der Waals surface area contributed by atoms with E-state index < -0.39 is 0 Å². The molecule has 1 fully saturated rings. The minimum absolute atomic E-state index is 0.153. The Morgan fingerprint density at radius 2 is 1.44 bits per heavy atom. The highest BCUT2D eigenvalue weighted by Crippen LogP contribution is 2.29. The van der Waals surface area contributed by atoms with Gasteiger partial charge in [-0.1, -0.05) is 50.2 Å². The maximum atomic E-state index is 12.6. The quantitative estimate of drug-likeness (QED) is 0.782. The zero-order valence-corrected chi connectivity index (χ0v) is 15.0. The number of hydrogen-bond acceptors (Lipinski definition) is 2. The average Bonchev–Trinajstić information content (AvgIpc) is 2.64. The Hall–Kier alpha value is -2.49. The first-order valence-corrected chi connectivity index (χ1v) is 9.11. The minimum atomic E-state index is -0.153. The molecule has 0 radical (unpaired) electrons. The molecule has 4 heteroatoms. The highest BCUT2D eigenvalue weighted by molar-refractivity contribution is 5.79. The van der Waals surface area contributed by atoms with Gasteiger partial charge in [0.25, 0.3) is 0 Å². The average molecular weight is 337 g/mol. The van der Waals surface area contributed by atoms with Crippen molar-refractivity contribution in [2.24, 2.45) is 11.8 Å². The van der Waals surface area contributed by atoms with E-state index in [1.165, 1.54) is 6.42 Å². The summed E-state index contributed by atoms with van der Waals surface area (Å²) < 4.78 is 0. The summed E-state index contributed by atoms with van der Waals surface area (Å²) in [5.41, 5.74) is 4.86. The minimum Gasteiger partial charge on any atom is -0.334 e. The van der Waals surface area contributed by atoms with E-state index in [2.05, 4.69) is 24.6 Å². The normalized spacial score (nSPS) is 22.9. The summed E-state index contributed by atoms with van der Waals surface area (Å²) in [6.07, 6.45) is 3.27. The standard InChI is InChI=1S/C21H27N3O/c1-16-13-14-18(15-17(16)2)22-21(25)23-24(19-9-5-3-6-10-19)20-11-7-4-8-12-20/h3-12,16-18H,13-15H2,1-2H3,(H2,22,23,25). The van der Waals surface area contributed by atoms with Crippen LogP contribution in [-0.2, 0) is 0 Å². The Morgan fingerprint density at radius 1 is 0.880 bits per heavy atom. The SMILES string of the molecule is CC1CCC(NC(=O)NN(c2ccccc2)c2ccccc2)CC1C. The predicted octanol–water partition coefficient (Wildman–Crippen LogP) is 4.86. The molecule has 3 rings (SSSR count). The third-order valence-electron chi connectivity index (χ3n) is 5.18. The third-order valence-corrected chi connectivity index (χ3v) is 5.18. The fourth-order valence-corrected chi connectivity index (χ4v) is 3.43. The van der Waals surface area contributed by atoms with Crippen molar-refractivity contribution in [2.75, 3.05) is 5.01 Å². The number of urea groups is 1. The molecule has 25 heavy (non-hydrogen) atoms. The first kappa shape index (κ1) is 17.3. The van der Waals surface area contributed by atoms with E-state index in [1.54, 1.807) is 0 Å². The van der Waals surface area contributed by atoms with Gasteiger partial charge in [0.1, 0.15) is 0 Å². The van der Waals surface area contributed by atoms with Crippen LogP contribution in [0.15, 0.2) is 60.7 Å². The molecule has 0 aliphatic heterocycles. The van der Waals surface area contributed by atoms with Crippen LogP contribution in [0.5, 0.6) is 0 Å². The topological polar surface area (TPSA) is 44.4 Å². The van der Waals surface area contributed by atoms with E-state index in [0.29, 0.717) is 5.92 Å². The summed E-state index contributed by atoms with van der Waals surface area (Å²) in [6, 6.07) is 19.8. The molecule has 1 saturated carbocycles. The zero-order chi connectivity index (χ0) is 17.6. The van der Waals surface area contributed by atoms with Crippen LogP contribution in [0.4, 0.5) is 16.2 Å². The lowest BCUT2D eigenvalue weighted by Crippen LogP contribution is -2.50. The van der Waals surface area contributed by atoms with Crippen molar-refractivity contribution in [3.05, 3.63) is 60.7 Å². The lowest BCUT2D eigenvalue weighted by atomic mass is 9.79. The van der Waals surface area contributed by atoms with Crippen LogP contribution in [0, 0.1) is 11.8 Å². The number of carbonyl (C=O) groups is 1. The Labute approximate surface area is 150 Å². The van der Waals surface area contributed by atoms with Crippen molar-refractivity contribution in [3.8, 4) is 0 Å². The Kier molecular flexibility index (Phi) is 5.59. The second-order valence-electron chi connectivity index (χ2n) is 7.06. The smallest absolute Gasteiger partial charge is 0.334 e. The van der Waals surface area contributed by atoms with Crippen LogP contribution in [0.2, 0.25) is 0 Å². The maximum absolute atomic E-state index is 12.6. The molecule has 0 bridgehead atoms. The zero-order valence-electron chi connectivity index (χ0n) is 15.0. The fourth-order valence-electron chi connectivity index (χ4n) is 3.43. The molecule has 2 amide bonds. The number of nitrogens with zero attached hydrogens (tertiary/aromatic N) is 1. The Bertz CT molecular complexity index is 635. The number of hydrazine groups is 1. The van der Waals surface area contributed by atoms with Crippen LogP contribution in [-0.4, -0.2) is 12.1 Å². The molecule has 0 aromatic heterocycles. The highest BCUT2D eigenvalue weighted by Gasteiger charge is 2.26. The number of para-hydroxylation sites is 2. The van der Waals surface area contributed by atoms with Crippen LogP contribution >= 0.6 is 0 Å². The van der Waals surface area contributed by atoms with Gasteiger partial charge in [0.2, 0.25) is 0 Å². The largest absolute Gasteiger partial charge is 0.334 e. The lowest BCUT2D eigenvalue weighted by molar-refractivity contribution is 0.208. The number of carbonyl (C=O) groups excluding carboxylic acids is 1. The Balaban J connectivity index is 1.69. The van der Waals surface area contributed by atoms with Gasteiger partial charge in [-0.2, -0.15) is 0 Å². The highest BCUT2D eigenvalue weighted by atomic mass is 16.2. The number of benzene rings is 2. The molecule has 0 spiro atoms. The first-order chi connectivity index (χ1) is 12.1. The number of amides is 2. The van der Waals surface area contributed by atoms with Gasteiger partial charge < -0.3 is 5.32 Å². The molecule has 3 atom stereocenters. The molecule has 1 aliphatic rings. The van der Waals surface area contributed by atoms with E-state index in [0.717, 1.165) is 30.1 Å². The van der Waals surface area contributed by atoms with Gasteiger partial charge in [0, 0.05) is 6.04 Å². The molecule has 0 heterocycles. The lowest BCUT2D eigenvalue weighted by Gasteiger charge is -2.33. The van der Waals surface area contributed by atoms with E-state index in [1.807, 2.05) is 65.7 Å². The molecule has 2 aromatic carbocycles. The van der Waals surface area contributed by atoms with Gasteiger partial charge >= 0.3 is 6.03 Å². The molecular formula is C21H27N3O. The van der Waals surface area contributed by atoms with Crippen molar-refractivity contribution >= 4 is 17.4 Å². The van der Waals surface area contributed by atoms with Gasteiger partial charge in [-0.15, -0.1) is 0 Å². The summed E-state index contributed by atoms with van der Waals surface area (Å²) in [6.45, 7) is 4.57. The summed E-state index contributed by atoms with van der Waals surface area (Å²) in [5, 5.41) is 4.97. The molecule has 2 aromatic rings. The van der Waals surface area contributed by atoms with Gasteiger partial charge in [0.15, 0.2) is 0 Å². The number of hydrogen-bond donors (Lipinski definition) is 2. The van der Waals surface area contributed by atoms with Crippen molar-refractivity contribution in [2.45, 2.75) is 39.2 Å². The summed E-state index contributed by atoms with van der Waals surface area (Å²) in [7, 11) is 0. The van der Waals surface area contributed by atoms with Crippen molar-refractivity contribution in [3.63, 3.8) is 0 Å². The molecule has 132 valence electrons. The monoisotopic (exact) mass is 337 g/mol. The van der Waals surface area contributed by atoms with E-state index in [-0.39, 0.29) is 12.1 Å². The van der Waals surface area contributed by atoms with Crippen LogP contribution in [0.25, 0.3) is 0 Å². The number of nitrogens with one attached hydrogen (secondary N) is 2. The maximum Gasteiger partial charge on any atom is 0.334 e. The van der Waals surface area contributed by atoms with Gasteiger partial charge in [-0.3, -0.25) is 5.01 Å². The van der Waals surface area contributed by atoms with Crippen molar-refractivity contribution in [1.29, 1.82) is 0 Å². The van der Waals surface area contributed by atoms with Crippen LogP contribution in [0.3, 0.4) is 0 Å². The number of rotatable bonds is 4. The Morgan fingerprint density at radius 3 is 1.96 bits per heavy atom. The van der Waals surface area contributed by atoms with Gasteiger partial charge in [0.05, 0.1) is 11.4 Å². The first-order valence-electron chi connectivity index (χ1n) is 9.11. The summed E-state index contributed by atoms with van der Waals surface area (Å²) >= 11 is 0. The van der Waals surface area contributed by atoms with E-state index in [4.69, 9.17) is 0 Å². The predicted molar refractivity (Wildman–Crippen MR) is 103 cm³/mol. The second-order valence-corrected chi connectivity index (χ2v) is 7.06. The van der Waals surface area contributed by atoms with Crippen LogP contribution < -0.4 is 15.8 Å². The fraction of sp³-hybridized carbons (Fsp3) is 0.381. The van der Waals surface area contributed by atoms with Crippen molar-refractivity contribution < 1.29 is 4.79 Å².